The van der Waals surface area contributed by atoms with Gasteiger partial charge in [-0.1, -0.05) is 24.3 Å². The molecule has 0 radical (unpaired) electrons. The third kappa shape index (κ3) is 2.48. The van der Waals surface area contributed by atoms with Gasteiger partial charge in [-0.15, -0.1) is 0 Å². The standard InChI is InChI=1S/C20H15N5O2/c1-27-20(26)25-19-23-15-7-6-11(10-16(15)24-19)17-18-13(8-9-21-17)12-4-2-3-5-14(12)22-18/h2-10,22H,1H3,(H2,23,24,25,26). The maximum absolute atomic E-state index is 11.4. The summed E-state index contributed by atoms with van der Waals surface area (Å²) in [6, 6.07) is 16.1. The lowest BCUT2D eigenvalue weighted by Crippen LogP contribution is -2.11. The average Bonchev–Trinajstić information content (AvgIpc) is 3.27. The van der Waals surface area contributed by atoms with Crippen molar-refractivity contribution in [1.29, 1.82) is 0 Å². The summed E-state index contributed by atoms with van der Waals surface area (Å²) in [5.74, 6) is 0.339. The highest BCUT2D eigenvalue weighted by Gasteiger charge is 2.12. The number of carbonyl (C=O) groups excluding carboxylic acids is 1. The van der Waals surface area contributed by atoms with E-state index in [1.165, 1.54) is 12.5 Å². The highest BCUT2D eigenvalue weighted by Crippen LogP contribution is 2.32. The van der Waals surface area contributed by atoms with Crippen LogP contribution in [0.4, 0.5) is 10.7 Å². The van der Waals surface area contributed by atoms with E-state index in [9.17, 15) is 4.79 Å². The Morgan fingerprint density at radius 1 is 1.04 bits per heavy atom. The van der Waals surface area contributed by atoms with Crippen LogP contribution in [0, 0.1) is 0 Å². The van der Waals surface area contributed by atoms with Crippen LogP contribution in [-0.2, 0) is 4.74 Å². The van der Waals surface area contributed by atoms with Gasteiger partial charge in [-0.3, -0.25) is 10.3 Å². The number of ether oxygens (including phenoxy) is 1. The molecule has 132 valence electrons. The van der Waals surface area contributed by atoms with Gasteiger partial charge in [0, 0.05) is 28.0 Å². The topological polar surface area (TPSA) is 95.7 Å². The van der Waals surface area contributed by atoms with E-state index in [0.717, 1.165) is 38.7 Å². The molecule has 0 fully saturated rings. The Morgan fingerprint density at radius 3 is 2.81 bits per heavy atom. The zero-order valence-corrected chi connectivity index (χ0v) is 14.4. The predicted molar refractivity (Wildman–Crippen MR) is 105 cm³/mol. The van der Waals surface area contributed by atoms with E-state index in [1.807, 2.05) is 42.6 Å². The molecule has 1 amide bonds. The van der Waals surface area contributed by atoms with E-state index in [0.29, 0.717) is 5.95 Å². The molecule has 0 aliphatic carbocycles. The smallest absolute Gasteiger partial charge is 0.413 e. The predicted octanol–water partition coefficient (Wildman–Crippen LogP) is 4.44. The number of fused-ring (bicyclic) bond motifs is 4. The summed E-state index contributed by atoms with van der Waals surface area (Å²) in [5, 5.41) is 4.84. The number of para-hydroxylation sites is 1. The number of carbonyl (C=O) groups is 1. The fourth-order valence-electron chi connectivity index (χ4n) is 3.36. The maximum Gasteiger partial charge on any atom is 0.413 e. The van der Waals surface area contributed by atoms with Gasteiger partial charge in [-0.25, -0.2) is 9.78 Å². The minimum absolute atomic E-state index is 0.339. The number of methoxy groups -OCH3 is 1. The highest BCUT2D eigenvalue weighted by atomic mass is 16.5. The lowest BCUT2D eigenvalue weighted by molar-refractivity contribution is 0.186. The molecule has 3 heterocycles. The average molecular weight is 357 g/mol. The van der Waals surface area contributed by atoms with Crippen molar-refractivity contribution in [3.63, 3.8) is 0 Å². The van der Waals surface area contributed by atoms with Crippen molar-refractivity contribution in [2.75, 3.05) is 12.4 Å². The van der Waals surface area contributed by atoms with Crippen molar-refractivity contribution in [1.82, 2.24) is 19.9 Å². The Kier molecular flexibility index (Phi) is 3.33. The highest BCUT2D eigenvalue weighted by molar-refractivity contribution is 6.11. The van der Waals surface area contributed by atoms with E-state index in [4.69, 9.17) is 0 Å². The Hall–Kier alpha value is -3.87. The molecular formula is C20H15N5O2. The first-order valence-corrected chi connectivity index (χ1v) is 8.43. The number of anilines is 1. The Bertz CT molecular complexity index is 1320. The van der Waals surface area contributed by atoms with Crippen LogP contribution in [0.15, 0.2) is 54.7 Å². The third-order valence-electron chi connectivity index (χ3n) is 4.59. The van der Waals surface area contributed by atoms with Gasteiger partial charge in [-0.2, -0.15) is 0 Å². The number of nitrogens with zero attached hydrogens (tertiary/aromatic N) is 2. The number of amides is 1. The van der Waals surface area contributed by atoms with E-state index in [-0.39, 0.29) is 0 Å². The summed E-state index contributed by atoms with van der Waals surface area (Å²) in [5.41, 5.74) is 5.43. The molecule has 0 spiro atoms. The summed E-state index contributed by atoms with van der Waals surface area (Å²) >= 11 is 0. The van der Waals surface area contributed by atoms with Crippen LogP contribution < -0.4 is 5.32 Å². The number of pyridine rings is 1. The molecule has 7 nitrogen and oxygen atoms in total. The van der Waals surface area contributed by atoms with Gasteiger partial charge in [-0.05, 0) is 24.3 Å². The molecule has 7 heteroatoms. The Labute approximate surface area is 153 Å². The summed E-state index contributed by atoms with van der Waals surface area (Å²) in [6.45, 7) is 0. The van der Waals surface area contributed by atoms with Crippen LogP contribution in [0.5, 0.6) is 0 Å². The van der Waals surface area contributed by atoms with Gasteiger partial charge in [0.05, 0.1) is 29.4 Å². The second kappa shape index (κ2) is 5.84. The van der Waals surface area contributed by atoms with E-state index < -0.39 is 6.09 Å². The number of hydrogen-bond acceptors (Lipinski definition) is 4. The summed E-state index contributed by atoms with van der Waals surface area (Å²) in [4.78, 5) is 26.9. The third-order valence-corrected chi connectivity index (χ3v) is 4.59. The molecule has 0 atom stereocenters. The fourth-order valence-corrected chi connectivity index (χ4v) is 3.36. The van der Waals surface area contributed by atoms with Gasteiger partial charge in [0.25, 0.3) is 0 Å². The van der Waals surface area contributed by atoms with Crippen LogP contribution in [0.1, 0.15) is 0 Å². The molecule has 27 heavy (non-hydrogen) atoms. The molecule has 0 unspecified atom stereocenters. The molecule has 2 aromatic carbocycles. The van der Waals surface area contributed by atoms with Crippen molar-refractivity contribution in [2.45, 2.75) is 0 Å². The number of nitrogens with one attached hydrogen (secondary N) is 3. The zero-order chi connectivity index (χ0) is 18.4. The van der Waals surface area contributed by atoms with Crippen LogP contribution in [0.25, 0.3) is 44.1 Å². The number of benzene rings is 2. The number of hydrogen-bond donors (Lipinski definition) is 3. The summed E-state index contributed by atoms with van der Waals surface area (Å²) in [6.07, 6.45) is 1.25. The van der Waals surface area contributed by atoms with E-state index >= 15 is 0 Å². The van der Waals surface area contributed by atoms with Crippen LogP contribution in [0.3, 0.4) is 0 Å². The quantitative estimate of drug-likeness (QED) is 0.435. The molecule has 0 aliphatic rings. The molecule has 0 bridgehead atoms. The summed E-state index contributed by atoms with van der Waals surface area (Å²) in [7, 11) is 1.31. The minimum atomic E-state index is -0.571. The number of aromatic amines is 2. The first kappa shape index (κ1) is 15.4. The lowest BCUT2D eigenvalue weighted by Gasteiger charge is -2.02. The molecular weight excluding hydrogens is 342 g/mol. The van der Waals surface area contributed by atoms with E-state index in [1.54, 1.807) is 0 Å². The van der Waals surface area contributed by atoms with Gasteiger partial charge >= 0.3 is 6.09 Å². The van der Waals surface area contributed by atoms with E-state index in [2.05, 4.69) is 42.1 Å². The van der Waals surface area contributed by atoms with Crippen molar-refractivity contribution in [3.05, 3.63) is 54.7 Å². The summed E-state index contributed by atoms with van der Waals surface area (Å²) < 4.78 is 4.60. The largest absolute Gasteiger partial charge is 0.453 e. The number of rotatable bonds is 2. The SMILES string of the molecule is COC(=O)Nc1nc2ccc(-c3nccc4c3[nH]c3ccccc34)cc2[nH]1. The van der Waals surface area contributed by atoms with Crippen LogP contribution in [-0.4, -0.2) is 33.1 Å². The van der Waals surface area contributed by atoms with Crippen molar-refractivity contribution in [3.8, 4) is 11.3 Å². The minimum Gasteiger partial charge on any atom is -0.453 e. The van der Waals surface area contributed by atoms with Gasteiger partial charge in [0.15, 0.2) is 0 Å². The van der Waals surface area contributed by atoms with Crippen molar-refractivity contribution in [2.24, 2.45) is 0 Å². The zero-order valence-electron chi connectivity index (χ0n) is 14.4. The second-order valence-electron chi connectivity index (χ2n) is 6.19. The van der Waals surface area contributed by atoms with Crippen molar-refractivity contribution >= 4 is 44.9 Å². The number of imidazole rings is 1. The molecule has 3 aromatic heterocycles. The maximum atomic E-state index is 11.4. The first-order chi connectivity index (χ1) is 13.2. The first-order valence-electron chi connectivity index (χ1n) is 8.43. The molecule has 3 N–H and O–H groups in total. The molecule has 0 saturated heterocycles. The monoisotopic (exact) mass is 357 g/mol. The molecule has 5 aromatic rings. The fraction of sp³-hybridized carbons (Fsp3) is 0.0500. The normalized spacial score (nSPS) is 11.3. The lowest BCUT2D eigenvalue weighted by atomic mass is 10.1. The number of aromatic nitrogens is 4. The number of H-pyrrole nitrogens is 2. The van der Waals surface area contributed by atoms with Gasteiger partial charge in [0.1, 0.15) is 0 Å². The Morgan fingerprint density at radius 2 is 1.93 bits per heavy atom. The van der Waals surface area contributed by atoms with Crippen LogP contribution >= 0.6 is 0 Å². The van der Waals surface area contributed by atoms with Gasteiger partial charge in [0.2, 0.25) is 5.95 Å². The Balaban J connectivity index is 1.65. The van der Waals surface area contributed by atoms with Crippen LogP contribution in [0.2, 0.25) is 0 Å². The van der Waals surface area contributed by atoms with Crippen molar-refractivity contribution < 1.29 is 9.53 Å². The molecule has 0 saturated carbocycles. The van der Waals surface area contributed by atoms with Gasteiger partial charge < -0.3 is 14.7 Å². The second-order valence-corrected chi connectivity index (χ2v) is 6.19. The molecule has 5 rings (SSSR count). The molecule has 0 aliphatic heterocycles.